The van der Waals surface area contributed by atoms with Gasteiger partial charge in [-0.3, -0.25) is 0 Å². The molecule has 2 aromatic carbocycles. The van der Waals surface area contributed by atoms with E-state index >= 15 is 0 Å². The molecule has 0 fully saturated rings. The van der Waals surface area contributed by atoms with Gasteiger partial charge in [0.25, 0.3) is 0 Å². The van der Waals surface area contributed by atoms with E-state index in [4.69, 9.17) is 5.73 Å². The Balaban J connectivity index is 2.27. The Morgan fingerprint density at radius 2 is 1.63 bits per heavy atom. The van der Waals surface area contributed by atoms with Crippen LogP contribution in [0.3, 0.4) is 0 Å². The smallest absolute Gasteiger partial charge is 0.127 e. The molecule has 100 valence electrons. The number of nitrogens with two attached hydrogens (primary N) is 1. The molecule has 2 atom stereocenters. The third kappa shape index (κ3) is 3.55. The zero-order valence-electron chi connectivity index (χ0n) is 10.5. The van der Waals surface area contributed by atoms with E-state index in [2.05, 4.69) is 0 Å². The minimum Gasteiger partial charge on any atom is -0.327 e. The Labute approximate surface area is 115 Å². The fourth-order valence-corrected chi connectivity index (χ4v) is 2.94. The van der Waals surface area contributed by atoms with Crippen LogP contribution in [0.15, 0.2) is 53.4 Å². The van der Waals surface area contributed by atoms with E-state index in [-0.39, 0.29) is 22.9 Å². The summed E-state index contributed by atoms with van der Waals surface area (Å²) >= 11 is 1.44. The molecule has 0 saturated carbocycles. The molecule has 0 radical (unpaired) electrons. The van der Waals surface area contributed by atoms with Crippen molar-refractivity contribution < 1.29 is 8.78 Å². The summed E-state index contributed by atoms with van der Waals surface area (Å²) in [6, 6.07) is 12.5. The molecule has 0 aliphatic carbocycles. The van der Waals surface area contributed by atoms with Crippen LogP contribution in [0.2, 0.25) is 0 Å². The van der Waals surface area contributed by atoms with Crippen LogP contribution in [0.5, 0.6) is 0 Å². The van der Waals surface area contributed by atoms with E-state index in [1.165, 1.54) is 30.0 Å². The first-order valence-corrected chi connectivity index (χ1v) is 6.88. The third-order valence-corrected chi connectivity index (χ3v) is 4.25. The minimum absolute atomic E-state index is 0.202. The SMILES string of the molecule is CC(N)C(Sc1ccc(F)cc1)c1ccccc1F. The number of halogens is 2. The van der Waals surface area contributed by atoms with Crippen molar-refractivity contribution in [3.8, 4) is 0 Å². The molecule has 0 saturated heterocycles. The van der Waals surface area contributed by atoms with Crippen LogP contribution in [-0.4, -0.2) is 6.04 Å². The molecular formula is C15H15F2NS. The summed E-state index contributed by atoms with van der Waals surface area (Å²) in [5, 5.41) is -0.202. The fourth-order valence-electron chi connectivity index (χ4n) is 1.82. The van der Waals surface area contributed by atoms with E-state index in [0.717, 1.165) is 4.90 Å². The molecular weight excluding hydrogens is 264 g/mol. The molecule has 0 amide bonds. The molecule has 2 aromatic rings. The molecule has 0 spiro atoms. The van der Waals surface area contributed by atoms with E-state index in [1.54, 1.807) is 30.3 Å². The number of hydrogen-bond acceptors (Lipinski definition) is 2. The number of hydrogen-bond donors (Lipinski definition) is 1. The molecule has 2 rings (SSSR count). The highest BCUT2D eigenvalue weighted by atomic mass is 32.2. The van der Waals surface area contributed by atoms with Crippen molar-refractivity contribution in [2.75, 3.05) is 0 Å². The molecule has 0 heterocycles. The van der Waals surface area contributed by atoms with Gasteiger partial charge in [-0.05, 0) is 37.3 Å². The Bertz CT molecular complexity index is 540. The van der Waals surface area contributed by atoms with Crippen molar-refractivity contribution in [3.05, 3.63) is 65.7 Å². The predicted molar refractivity (Wildman–Crippen MR) is 75.0 cm³/mol. The molecule has 0 bridgehead atoms. The summed E-state index contributed by atoms with van der Waals surface area (Å²) in [6.45, 7) is 1.84. The van der Waals surface area contributed by atoms with Crippen molar-refractivity contribution in [1.29, 1.82) is 0 Å². The lowest BCUT2D eigenvalue weighted by atomic mass is 10.1. The predicted octanol–water partition coefficient (Wildman–Crippen LogP) is 4.15. The number of rotatable bonds is 4. The zero-order chi connectivity index (χ0) is 13.8. The Morgan fingerprint density at radius 1 is 1.00 bits per heavy atom. The molecule has 1 nitrogen and oxygen atoms in total. The van der Waals surface area contributed by atoms with Gasteiger partial charge in [0.15, 0.2) is 0 Å². The van der Waals surface area contributed by atoms with Crippen LogP contribution in [-0.2, 0) is 0 Å². The minimum atomic E-state index is -0.285. The van der Waals surface area contributed by atoms with Crippen molar-refractivity contribution in [3.63, 3.8) is 0 Å². The van der Waals surface area contributed by atoms with Crippen LogP contribution in [0.25, 0.3) is 0 Å². The summed E-state index contributed by atoms with van der Waals surface area (Å²) < 4.78 is 26.7. The molecule has 2 N–H and O–H groups in total. The first-order chi connectivity index (χ1) is 9.08. The quantitative estimate of drug-likeness (QED) is 0.851. The van der Waals surface area contributed by atoms with Gasteiger partial charge in [0.2, 0.25) is 0 Å². The van der Waals surface area contributed by atoms with Gasteiger partial charge in [0.05, 0.1) is 5.25 Å². The van der Waals surface area contributed by atoms with Gasteiger partial charge in [-0.15, -0.1) is 11.8 Å². The van der Waals surface area contributed by atoms with Gasteiger partial charge >= 0.3 is 0 Å². The number of thioether (sulfide) groups is 1. The second-order valence-corrected chi connectivity index (χ2v) is 5.59. The topological polar surface area (TPSA) is 26.0 Å². The maximum absolute atomic E-state index is 13.8. The normalized spacial score (nSPS) is 14.1. The lowest BCUT2D eigenvalue weighted by Crippen LogP contribution is -2.23. The second kappa shape index (κ2) is 6.17. The second-order valence-electron chi connectivity index (χ2n) is 4.37. The highest BCUT2D eigenvalue weighted by Crippen LogP contribution is 2.38. The average Bonchev–Trinajstić information content (AvgIpc) is 2.39. The lowest BCUT2D eigenvalue weighted by Gasteiger charge is -2.21. The summed E-state index contributed by atoms with van der Waals surface area (Å²) in [5.41, 5.74) is 6.53. The first-order valence-electron chi connectivity index (χ1n) is 6.00. The number of benzene rings is 2. The lowest BCUT2D eigenvalue weighted by molar-refractivity contribution is 0.592. The highest BCUT2D eigenvalue weighted by molar-refractivity contribution is 7.99. The summed E-state index contributed by atoms with van der Waals surface area (Å²) in [6.07, 6.45) is 0. The van der Waals surface area contributed by atoms with E-state index in [9.17, 15) is 8.78 Å². The third-order valence-electron chi connectivity index (χ3n) is 2.77. The molecule has 0 aliphatic heterocycles. The van der Waals surface area contributed by atoms with Crippen molar-refractivity contribution in [2.45, 2.75) is 23.1 Å². The Kier molecular flexibility index (Phi) is 4.56. The van der Waals surface area contributed by atoms with Crippen LogP contribution in [0.4, 0.5) is 8.78 Å². The molecule has 0 aromatic heterocycles. The largest absolute Gasteiger partial charge is 0.327 e. The average molecular weight is 279 g/mol. The van der Waals surface area contributed by atoms with Crippen LogP contribution in [0, 0.1) is 11.6 Å². The zero-order valence-corrected chi connectivity index (χ0v) is 11.3. The summed E-state index contributed by atoms with van der Waals surface area (Å²) in [5.74, 6) is -0.549. The molecule has 4 heteroatoms. The maximum Gasteiger partial charge on any atom is 0.127 e. The maximum atomic E-state index is 13.8. The summed E-state index contributed by atoms with van der Waals surface area (Å²) in [4.78, 5) is 0.868. The van der Waals surface area contributed by atoms with E-state index in [1.807, 2.05) is 6.92 Å². The monoisotopic (exact) mass is 279 g/mol. The van der Waals surface area contributed by atoms with Crippen LogP contribution >= 0.6 is 11.8 Å². The Hall–Kier alpha value is -1.39. The van der Waals surface area contributed by atoms with Gasteiger partial charge in [-0.1, -0.05) is 18.2 Å². The highest BCUT2D eigenvalue weighted by Gasteiger charge is 2.20. The van der Waals surface area contributed by atoms with Crippen molar-refractivity contribution in [2.24, 2.45) is 5.73 Å². The van der Waals surface area contributed by atoms with Gasteiger partial charge in [0.1, 0.15) is 11.6 Å². The van der Waals surface area contributed by atoms with E-state index in [0.29, 0.717) is 5.56 Å². The van der Waals surface area contributed by atoms with Crippen molar-refractivity contribution in [1.82, 2.24) is 0 Å². The molecule has 0 aliphatic rings. The van der Waals surface area contributed by atoms with Gasteiger partial charge < -0.3 is 5.73 Å². The fraction of sp³-hybridized carbons (Fsp3) is 0.200. The molecule has 19 heavy (non-hydrogen) atoms. The van der Waals surface area contributed by atoms with Gasteiger partial charge in [-0.25, -0.2) is 8.78 Å². The van der Waals surface area contributed by atoms with Crippen LogP contribution in [0.1, 0.15) is 17.7 Å². The van der Waals surface area contributed by atoms with Gasteiger partial charge in [0, 0.05) is 16.5 Å². The van der Waals surface area contributed by atoms with Crippen molar-refractivity contribution >= 4 is 11.8 Å². The van der Waals surface area contributed by atoms with Gasteiger partial charge in [-0.2, -0.15) is 0 Å². The van der Waals surface area contributed by atoms with E-state index < -0.39 is 0 Å². The molecule has 2 unspecified atom stereocenters. The van der Waals surface area contributed by atoms with Crippen LogP contribution < -0.4 is 5.73 Å². The summed E-state index contributed by atoms with van der Waals surface area (Å²) in [7, 11) is 0. The Morgan fingerprint density at radius 3 is 2.21 bits per heavy atom. The first kappa shape index (κ1) is 14.0. The standard InChI is InChI=1S/C15H15F2NS/c1-10(18)15(13-4-2-3-5-14(13)17)19-12-8-6-11(16)7-9-12/h2-10,15H,18H2,1H3.